The highest BCUT2D eigenvalue weighted by Crippen LogP contribution is 2.21. The monoisotopic (exact) mass is 370 g/mol. The van der Waals surface area contributed by atoms with Gasteiger partial charge in [0.25, 0.3) is 0 Å². The van der Waals surface area contributed by atoms with Crippen LogP contribution in [0.4, 0.5) is 17.1 Å². The molecule has 0 saturated heterocycles. The van der Waals surface area contributed by atoms with Gasteiger partial charge in [-0.15, -0.1) is 0 Å². The van der Waals surface area contributed by atoms with Crippen LogP contribution in [-0.4, -0.2) is 22.3 Å². The third kappa shape index (κ3) is 4.04. The van der Waals surface area contributed by atoms with Crippen LogP contribution in [0.3, 0.4) is 0 Å². The Morgan fingerprint density at radius 1 is 1.00 bits per heavy atom. The van der Waals surface area contributed by atoms with E-state index in [4.69, 9.17) is 0 Å². The summed E-state index contributed by atoms with van der Waals surface area (Å²) >= 11 is 0. The van der Waals surface area contributed by atoms with E-state index in [0.717, 1.165) is 30.0 Å². The minimum Gasteiger partial charge on any atom is -0.385 e. The molecule has 140 valence electrons. The minimum absolute atomic E-state index is 0.0431. The van der Waals surface area contributed by atoms with Gasteiger partial charge >= 0.3 is 0 Å². The number of Topliss-reactive ketones (excluding diaryl/α,β-unsaturated/α-hetero) is 1. The van der Waals surface area contributed by atoms with E-state index in [2.05, 4.69) is 45.0 Å². The summed E-state index contributed by atoms with van der Waals surface area (Å²) in [4.78, 5) is 18.8. The second kappa shape index (κ2) is 7.96. The maximum absolute atomic E-state index is 11.5. The van der Waals surface area contributed by atoms with E-state index in [1.807, 2.05) is 36.4 Å². The van der Waals surface area contributed by atoms with Crippen molar-refractivity contribution in [2.24, 2.45) is 0 Å². The first-order valence-corrected chi connectivity index (χ1v) is 9.32. The Kier molecular flexibility index (Phi) is 5.06. The molecule has 0 atom stereocenters. The number of nitrogens with one attached hydrogen (secondary N) is 3. The summed E-state index contributed by atoms with van der Waals surface area (Å²) in [6.45, 7) is 2.38. The van der Waals surface area contributed by atoms with E-state index in [9.17, 15) is 4.79 Å². The fraction of sp³-hybridized carbons (Fsp3) is 0.130. The predicted octanol–water partition coefficient (Wildman–Crippen LogP) is 5.16. The van der Waals surface area contributed by atoms with Gasteiger partial charge in [0.2, 0.25) is 0 Å². The number of rotatable bonds is 7. The van der Waals surface area contributed by atoms with Gasteiger partial charge in [0, 0.05) is 53.8 Å². The lowest BCUT2D eigenvalue weighted by atomic mass is 10.1. The van der Waals surface area contributed by atoms with Gasteiger partial charge in [-0.25, -0.2) is 0 Å². The summed E-state index contributed by atoms with van der Waals surface area (Å²) in [6.07, 6.45) is 4.68. The number of H-pyrrole nitrogens is 1. The summed E-state index contributed by atoms with van der Waals surface area (Å²) in [5, 5.41) is 8.05. The zero-order valence-corrected chi connectivity index (χ0v) is 15.7. The molecule has 0 aliphatic heterocycles. The van der Waals surface area contributed by atoms with E-state index in [-0.39, 0.29) is 5.78 Å². The van der Waals surface area contributed by atoms with E-state index in [0.29, 0.717) is 5.69 Å². The van der Waals surface area contributed by atoms with Gasteiger partial charge in [-0.3, -0.25) is 9.78 Å². The predicted molar refractivity (Wildman–Crippen MR) is 114 cm³/mol. The average Bonchev–Trinajstić information content (AvgIpc) is 3.13. The number of benzene rings is 2. The minimum atomic E-state index is -0.0431. The summed E-state index contributed by atoms with van der Waals surface area (Å²) in [5.74, 6) is -0.0431. The van der Waals surface area contributed by atoms with Gasteiger partial charge in [-0.05, 0) is 54.4 Å². The van der Waals surface area contributed by atoms with Crippen LogP contribution in [0.25, 0.3) is 10.9 Å². The van der Waals surface area contributed by atoms with Crippen molar-refractivity contribution in [3.63, 3.8) is 0 Å². The molecule has 0 unspecified atom stereocenters. The van der Waals surface area contributed by atoms with Crippen molar-refractivity contribution >= 4 is 33.7 Å². The quantitative estimate of drug-likeness (QED) is 0.393. The SMILES string of the molecule is CC(=O)c1cc(Nc2ccc(NCCc3c[nH]c4ccccc34)cc2)ccn1. The summed E-state index contributed by atoms with van der Waals surface area (Å²) in [7, 11) is 0. The normalized spacial score (nSPS) is 10.8. The van der Waals surface area contributed by atoms with Crippen molar-refractivity contribution in [2.75, 3.05) is 17.2 Å². The Morgan fingerprint density at radius 3 is 2.61 bits per heavy atom. The highest BCUT2D eigenvalue weighted by atomic mass is 16.1. The third-order valence-electron chi connectivity index (χ3n) is 4.69. The standard InChI is InChI=1S/C23H22N4O/c1-16(28)23-14-20(11-13-25-23)27-19-8-6-18(7-9-19)24-12-10-17-15-26-22-5-3-2-4-21(17)22/h2-9,11,13-15,24,26H,10,12H2,1H3,(H,25,27). The molecule has 0 amide bonds. The molecule has 5 nitrogen and oxygen atoms in total. The smallest absolute Gasteiger partial charge is 0.178 e. The first kappa shape index (κ1) is 17.8. The van der Waals surface area contributed by atoms with Crippen molar-refractivity contribution in [3.05, 3.63) is 84.3 Å². The molecule has 0 fully saturated rings. The van der Waals surface area contributed by atoms with Gasteiger partial charge < -0.3 is 15.6 Å². The lowest BCUT2D eigenvalue weighted by Crippen LogP contribution is -2.04. The Bertz CT molecular complexity index is 1100. The van der Waals surface area contributed by atoms with Crippen molar-refractivity contribution in [3.8, 4) is 0 Å². The van der Waals surface area contributed by atoms with Gasteiger partial charge in [0.1, 0.15) is 5.69 Å². The molecule has 0 radical (unpaired) electrons. The summed E-state index contributed by atoms with van der Waals surface area (Å²) in [5.41, 5.74) is 5.84. The highest BCUT2D eigenvalue weighted by Gasteiger charge is 2.04. The maximum atomic E-state index is 11.5. The highest BCUT2D eigenvalue weighted by molar-refractivity contribution is 5.93. The van der Waals surface area contributed by atoms with Crippen LogP contribution in [0.1, 0.15) is 23.0 Å². The molecule has 0 spiro atoms. The Hall–Kier alpha value is -3.60. The number of fused-ring (bicyclic) bond motifs is 1. The molecule has 0 saturated carbocycles. The van der Waals surface area contributed by atoms with E-state index >= 15 is 0 Å². The van der Waals surface area contributed by atoms with Crippen LogP contribution in [0.2, 0.25) is 0 Å². The number of carbonyl (C=O) groups excluding carboxylic acids is 1. The van der Waals surface area contributed by atoms with Gasteiger partial charge in [0.15, 0.2) is 5.78 Å². The van der Waals surface area contributed by atoms with E-state index in [1.54, 1.807) is 12.3 Å². The molecule has 4 rings (SSSR count). The molecule has 0 aliphatic rings. The van der Waals surface area contributed by atoms with Crippen molar-refractivity contribution < 1.29 is 4.79 Å². The number of nitrogens with zero attached hydrogens (tertiary/aromatic N) is 1. The molecular formula is C23H22N4O. The molecule has 5 heteroatoms. The summed E-state index contributed by atoms with van der Waals surface area (Å²) in [6, 6.07) is 20.1. The number of pyridine rings is 1. The summed E-state index contributed by atoms with van der Waals surface area (Å²) < 4.78 is 0. The molecule has 4 aromatic rings. The number of hydrogen-bond acceptors (Lipinski definition) is 4. The van der Waals surface area contributed by atoms with Crippen LogP contribution in [0.5, 0.6) is 0 Å². The number of aromatic nitrogens is 2. The number of para-hydroxylation sites is 1. The molecule has 2 aromatic heterocycles. The number of hydrogen-bond donors (Lipinski definition) is 3. The zero-order valence-electron chi connectivity index (χ0n) is 15.7. The van der Waals surface area contributed by atoms with Crippen molar-refractivity contribution in [2.45, 2.75) is 13.3 Å². The fourth-order valence-corrected chi connectivity index (χ4v) is 3.22. The van der Waals surface area contributed by atoms with Crippen LogP contribution >= 0.6 is 0 Å². The van der Waals surface area contributed by atoms with Crippen molar-refractivity contribution in [1.82, 2.24) is 9.97 Å². The van der Waals surface area contributed by atoms with Gasteiger partial charge in [-0.2, -0.15) is 0 Å². The van der Waals surface area contributed by atoms with Crippen molar-refractivity contribution in [1.29, 1.82) is 0 Å². The lowest BCUT2D eigenvalue weighted by Gasteiger charge is -2.10. The second-order valence-electron chi connectivity index (χ2n) is 6.72. The first-order chi connectivity index (χ1) is 13.7. The fourth-order valence-electron chi connectivity index (χ4n) is 3.22. The molecule has 28 heavy (non-hydrogen) atoms. The topological polar surface area (TPSA) is 69.8 Å². The van der Waals surface area contributed by atoms with Crippen LogP contribution in [-0.2, 0) is 6.42 Å². The lowest BCUT2D eigenvalue weighted by molar-refractivity contribution is 0.101. The van der Waals surface area contributed by atoms with E-state index < -0.39 is 0 Å². The second-order valence-corrected chi connectivity index (χ2v) is 6.72. The molecule has 2 aromatic carbocycles. The number of ketones is 1. The van der Waals surface area contributed by atoms with Gasteiger partial charge in [0.05, 0.1) is 0 Å². The molecule has 0 bridgehead atoms. The number of carbonyl (C=O) groups is 1. The van der Waals surface area contributed by atoms with Crippen LogP contribution < -0.4 is 10.6 Å². The molecule has 2 heterocycles. The Labute approximate surface area is 163 Å². The number of aromatic amines is 1. The van der Waals surface area contributed by atoms with Gasteiger partial charge in [-0.1, -0.05) is 18.2 Å². The van der Waals surface area contributed by atoms with Crippen LogP contribution in [0.15, 0.2) is 73.1 Å². The molecule has 0 aliphatic carbocycles. The first-order valence-electron chi connectivity index (χ1n) is 9.32. The average molecular weight is 370 g/mol. The largest absolute Gasteiger partial charge is 0.385 e. The Balaban J connectivity index is 1.34. The third-order valence-corrected chi connectivity index (χ3v) is 4.69. The molecular weight excluding hydrogens is 348 g/mol. The number of anilines is 3. The molecule has 3 N–H and O–H groups in total. The van der Waals surface area contributed by atoms with Crippen LogP contribution in [0, 0.1) is 0 Å². The van der Waals surface area contributed by atoms with E-state index in [1.165, 1.54) is 23.4 Å². The zero-order chi connectivity index (χ0) is 19.3. The Morgan fingerprint density at radius 2 is 1.79 bits per heavy atom. The maximum Gasteiger partial charge on any atom is 0.178 e.